The molecule has 0 amide bonds. The second kappa shape index (κ2) is 16.4. The van der Waals surface area contributed by atoms with Crippen LogP contribution in [0.2, 0.25) is 17.3 Å². The van der Waals surface area contributed by atoms with Crippen LogP contribution in [0.3, 0.4) is 0 Å². The number of hydrogen-bond acceptors (Lipinski definition) is 3. The fraction of sp³-hybridized carbons (Fsp3) is 0.184. The van der Waals surface area contributed by atoms with Crippen LogP contribution in [0.4, 0.5) is 0 Å². The number of furan rings is 1. The van der Waals surface area contributed by atoms with Crippen LogP contribution in [0.5, 0.6) is 0 Å². The van der Waals surface area contributed by atoms with Gasteiger partial charge in [0, 0.05) is 34.4 Å². The Kier molecular flexibility index (Phi) is 9.96. The summed E-state index contributed by atoms with van der Waals surface area (Å²) in [6, 6.07) is 47.6. The van der Waals surface area contributed by atoms with E-state index in [1.165, 1.54) is 4.40 Å². The van der Waals surface area contributed by atoms with E-state index >= 15 is 0 Å². The molecule has 1 radical (unpaired) electrons. The number of hydrogen-bond donors (Lipinski definition) is 0. The summed E-state index contributed by atoms with van der Waals surface area (Å²) in [6.07, 6.45) is 2.12. The largest absolute Gasteiger partial charge is 0.501 e. The number of pyridine rings is 2. The molecule has 0 N–H and O–H groups in total. The predicted octanol–water partition coefficient (Wildman–Crippen LogP) is 12.8. The van der Waals surface area contributed by atoms with Crippen LogP contribution in [0.15, 0.2) is 144 Å². The Bertz CT molecular complexity index is 2700. The third-order valence-electron chi connectivity index (χ3n) is 9.02. The van der Waals surface area contributed by atoms with E-state index in [0.717, 1.165) is 49.9 Å². The topological polar surface area (TPSA) is 38.9 Å². The summed E-state index contributed by atoms with van der Waals surface area (Å²) in [5.74, 6) is 7.00. The molecule has 3 heterocycles. The van der Waals surface area contributed by atoms with Gasteiger partial charge >= 0.3 is 146 Å². The summed E-state index contributed by atoms with van der Waals surface area (Å²) in [5, 5.41) is 2.04. The zero-order valence-corrected chi connectivity index (χ0v) is 35.9. The van der Waals surface area contributed by atoms with Gasteiger partial charge in [0.05, 0.1) is 5.58 Å². The van der Waals surface area contributed by atoms with E-state index < -0.39 is 31.9 Å². The van der Waals surface area contributed by atoms with E-state index in [0.29, 0.717) is 28.0 Å². The van der Waals surface area contributed by atoms with Crippen LogP contribution in [-0.2, 0) is 26.5 Å². The van der Waals surface area contributed by atoms with Crippen molar-refractivity contribution >= 4 is 39.6 Å². The Hall–Kier alpha value is -4.61. The molecule has 5 heteroatoms. The summed E-state index contributed by atoms with van der Waals surface area (Å²) in [7, 11) is 0. The molecule has 273 valence electrons. The molecule has 3 nitrogen and oxygen atoms in total. The second-order valence-corrected chi connectivity index (χ2v) is 26.0. The molecule has 0 saturated heterocycles. The monoisotopic (exact) mass is 950 g/mol. The molecule has 0 unspecified atom stereocenters. The van der Waals surface area contributed by atoms with Crippen LogP contribution in [-0.4, -0.2) is 23.2 Å². The first-order valence-corrected chi connectivity index (χ1v) is 25.2. The molecule has 0 spiro atoms. The molecule has 0 atom stereocenters. The van der Waals surface area contributed by atoms with Gasteiger partial charge in [-0.1, -0.05) is 85.8 Å². The van der Waals surface area contributed by atoms with Crippen molar-refractivity contribution < 1.29 is 31.4 Å². The predicted molar refractivity (Wildman–Crippen MR) is 226 cm³/mol. The smallest absolute Gasteiger partial charge is 0.121 e. The van der Waals surface area contributed by atoms with Crippen molar-refractivity contribution in [3.05, 3.63) is 163 Å². The Labute approximate surface area is 343 Å². The molecule has 54 heavy (non-hydrogen) atoms. The van der Waals surface area contributed by atoms with Crippen LogP contribution >= 0.6 is 0 Å². The third-order valence-corrected chi connectivity index (χ3v) is 13.3. The van der Waals surface area contributed by atoms with Crippen LogP contribution in [0.1, 0.15) is 38.8 Å². The molecule has 0 aliphatic rings. The van der Waals surface area contributed by atoms with Crippen molar-refractivity contribution in [2.45, 2.75) is 51.3 Å². The van der Waals surface area contributed by atoms with Gasteiger partial charge in [0.15, 0.2) is 0 Å². The average molecular weight is 949 g/mol. The fourth-order valence-corrected chi connectivity index (χ4v) is 8.48. The Balaban J connectivity index is 0.000000199. The molecule has 0 saturated carbocycles. The van der Waals surface area contributed by atoms with Gasteiger partial charge in [-0.15, -0.1) is 18.2 Å². The minimum atomic E-state index is -2.18. The number of fused-ring (bicyclic) bond motifs is 3. The Morgan fingerprint density at radius 2 is 1.48 bits per heavy atom. The standard InChI is InChI=1S/C28H24NO.C21H22GeN.Ir/c1-28(2,3)18-19-14-15-29-25(16-19)24-11-7-10-23-22-13-12-21(17-26(22)30-27(23)24)20-8-5-4-6-9-20;1-16-10-11-18(14-20(16)17-8-6-5-7-9-17)21-13-12-19(15-23-21)22(2,3)4;/h4-10,12-17H,18H2,1-3H3;5-10,12-15H,1-4H3;/q2*-1;/i18D2;1D3;. The number of aryl methyl sites for hydroxylation is 1. The first kappa shape index (κ1) is 32.8. The first-order valence-electron chi connectivity index (χ1n) is 20.4. The molecule has 0 aliphatic heterocycles. The van der Waals surface area contributed by atoms with Crippen LogP contribution < -0.4 is 4.40 Å². The summed E-state index contributed by atoms with van der Waals surface area (Å²) in [5.41, 5.74) is 8.74. The molecule has 8 rings (SSSR count). The zero-order chi connectivity index (χ0) is 41.5. The quantitative estimate of drug-likeness (QED) is 0.123. The molecule has 0 bridgehead atoms. The zero-order valence-electron chi connectivity index (χ0n) is 36.4. The van der Waals surface area contributed by atoms with Crippen molar-refractivity contribution in [3.8, 4) is 44.8 Å². The van der Waals surface area contributed by atoms with Gasteiger partial charge in [0.25, 0.3) is 0 Å². The molecular weight excluding hydrogens is 897 g/mol. The van der Waals surface area contributed by atoms with Gasteiger partial charge in [-0.25, -0.2) is 0 Å². The Morgan fingerprint density at radius 3 is 2.15 bits per heavy atom. The number of rotatable bonds is 6. The third kappa shape index (κ3) is 9.01. The minimum Gasteiger partial charge on any atom is -0.501 e. The Morgan fingerprint density at radius 1 is 0.741 bits per heavy atom. The van der Waals surface area contributed by atoms with Crippen molar-refractivity contribution in [2.24, 2.45) is 5.41 Å². The van der Waals surface area contributed by atoms with Crippen molar-refractivity contribution in [3.63, 3.8) is 0 Å². The van der Waals surface area contributed by atoms with Gasteiger partial charge in [-0.2, -0.15) is 0 Å². The normalized spacial score (nSPS) is 13.4. The van der Waals surface area contributed by atoms with Gasteiger partial charge in [-0.05, 0) is 40.7 Å². The summed E-state index contributed by atoms with van der Waals surface area (Å²) < 4.78 is 48.5. The summed E-state index contributed by atoms with van der Waals surface area (Å²) >= 11 is -1.91. The van der Waals surface area contributed by atoms with Gasteiger partial charge in [-0.3, -0.25) is 0 Å². The van der Waals surface area contributed by atoms with Gasteiger partial charge in [0.1, 0.15) is 5.58 Å². The van der Waals surface area contributed by atoms with Crippen molar-refractivity contribution in [2.75, 3.05) is 0 Å². The second-order valence-electron chi connectivity index (χ2n) is 15.3. The fourth-order valence-electron chi connectivity index (χ4n) is 6.31. The van der Waals surface area contributed by atoms with Crippen LogP contribution in [0.25, 0.3) is 66.7 Å². The van der Waals surface area contributed by atoms with E-state index in [4.69, 9.17) is 11.3 Å². The van der Waals surface area contributed by atoms with E-state index in [2.05, 4.69) is 75.8 Å². The summed E-state index contributed by atoms with van der Waals surface area (Å²) in [4.78, 5) is 9.15. The van der Waals surface area contributed by atoms with E-state index in [1.807, 2.05) is 106 Å². The maximum absolute atomic E-state index is 8.64. The first-order chi connectivity index (χ1) is 27.4. The minimum absolute atomic E-state index is 0. The van der Waals surface area contributed by atoms with Crippen molar-refractivity contribution in [1.82, 2.24) is 9.97 Å². The molecule has 5 aromatic carbocycles. The maximum atomic E-state index is 8.64. The van der Waals surface area contributed by atoms with E-state index in [1.54, 1.807) is 18.3 Å². The molecule has 0 aliphatic carbocycles. The number of nitrogens with zero attached hydrogens (tertiary/aromatic N) is 2. The van der Waals surface area contributed by atoms with E-state index in [9.17, 15) is 0 Å². The molecule has 3 aromatic heterocycles. The maximum Gasteiger partial charge on any atom is 0.121 e. The molecule has 0 fully saturated rings. The SMILES string of the molecule is [2H]C([2H])([2H])c1c[c-]c(-c2cc[c]([Ge]([CH3])([CH3])[CH3])cn2)cc1-c1ccccc1.[2H]C([2H])(c1ccnc(-c2[c-]ccc3c2oc2cc(-c4ccccc4)ccc23)c1)C(C)(C)C.[Ir]. The van der Waals surface area contributed by atoms with Crippen LogP contribution in [0, 0.1) is 24.4 Å². The van der Waals surface area contributed by atoms with E-state index in [-0.39, 0.29) is 20.1 Å². The number of aromatic nitrogens is 2. The molecular formula is C49H46GeIrN2O-2. The van der Waals surface area contributed by atoms with Crippen molar-refractivity contribution in [1.29, 1.82) is 0 Å². The van der Waals surface area contributed by atoms with Gasteiger partial charge in [0.2, 0.25) is 0 Å². The average Bonchev–Trinajstić information content (AvgIpc) is 3.59. The van der Waals surface area contributed by atoms with Gasteiger partial charge < -0.3 is 9.40 Å². The number of benzene rings is 5. The molecule has 8 aromatic rings. The summed E-state index contributed by atoms with van der Waals surface area (Å²) in [6.45, 7) is 3.54.